The van der Waals surface area contributed by atoms with E-state index in [1.54, 1.807) is 24.3 Å². The van der Waals surface area contributed by atoms with Gasteiger partial charge in [0.1, 0.15) is 5.75 Å². The number of alkyl halides is 3. The average Bonchev–Trinajstić information content (AvgIpc) is 2.58. The molecule has 0 spiro atoms. The lowest BCUT2D eigenvalue weighted by atomic mass is 9.96. The molecule has 130 valence electrons. The van der Waals surface area contributed by atoms with Crippen LogP contribution in [0.2, 0.25) is 0 Å². The predicted octanol–water partition coefficient (Wildman–Crippen LogP) is 4.79. The molecule has 1 N–H and O–H groups in total. The first kappa shape index (κ1) is 18.3. The van der Waals surface area contributed by atoms with Gasteiger partial charge in [0, 0.05) is 6.08 Å². The Balaban J connectivity index is 2.49. The van der Waals surface area contributed by atoms with Gasteiger partial charge < -0.3 is 9.84 Å². The third-order valence-corrected chi connectivity index (χ3v) is 3.41. The van der Waals surface area contributed by atoms with E-state index in [4.69, 9.17) is 9.84 Å². The number of carbonyl (C=O) groups is 1. The Morgan fingerprint density at radius 1 is 1.08 bits per heavy atom. The molecule has 3 nitrogen and oxygen atoms in total. The summed E-state index contributed by atoms with van der Waals surface area (Å²) in [5.74, 6) is -0.536. The van der Waals surface area contributed by atoms with Crippen molar-refractivity contribution < 1.29 is 27.8 Å². The number of hydrogen-bond donors (Lipinski definition) is 1. The Hall–Kier alpha value is -3.02. The molecule has 6 heteroatoms. The third kappa shape index (κ3) is 4.97. The fraction of sp³-hybridized carbons (Fsp3) is 0.105. The van der Waals surface area contributed by atoms with Crippen LogP contribution < -0.4 is 4.74 Å². The molecule has 0 saturated carbocycles. The molecule has 0 aromatic heterocycles. The Kier molecular flexibility index (Phi) is 5.64. The van der Waals surface area contributed by atoms with Crippen LogP contribution in [0.1, 0.15) is 16.7 Å². The summed E-state index contributed by atoms with van der Waals surface area (Å²) < 4.78 is 43.3. The Morgan fingerprint density at radius 2 is 1.76 bits per heavy atom. The number of carboxylic acids is 1. The summed E-state index contributed by atoms with van der Waals surface area (Å²) in [6.45, 7) is 0. The number of methoxy groups -OCH3 is 1. The fourth-order valence-electron chi connectivity index (χ4n) is 2.22. The SMILES string of the molecule is COc1cccc(/C(=C\C=C\C(=O)O)c2ccc(C(F)(F)F)cc2)c1. The van der Waals surface area contributed by atoms with E-state index in [0.29, 0.717) is 22.4 Å². The van der Waals surface area contributed by atoms with Crippen LogP contribution in [0.15, 0.2) is 66.8 Å². The number of aliphatic carboxylic acids is 1. The van der Waals surface area contributed by atoms with Crippen LogP contribution in [0.5, 0.6) is 5.75 Å². The smallest absolute Gasteiger partial charge is 0.416 e. The van der Waals surface area contributed by atoms with Crippen LogP contribution in [-0.4, -0.2) is 18.2 Å². The molecule has 0 bridgehead atoms. The minimum Gasteiger partial charge on any atom is -0.497 e. The molecule has 0 atom stereocenters. The van der Waals surface area contributed by atoms with Gasteiger partial charge in [-0.15, -0.1) is 0 Å². The van der Waals surface area contributed by atoms with Crippen molar-refractivity contribution in [1.82, 2.24) is 0 Å². The highest BCUT2D eigenvalue weighted by molar-refractivity contribution is 5.84. The molecule has 0 heterocycles. The van der Waals surface area contributed by atoms with Gasteiger partial charge in [-0.2, -0.15) is 13.2 Å². The summed E-state index contributed by atoms with van der Waals surface area (Å²) in [5, 5.41) is 8.71. The largest absolute Gasteiger partial charge is 0.497 e. The standard InChI is InChI=1S/C19H15F3O3/c1-25-16-5-2-4-14(12-16)17(6-3-7-18(23)24)13-8-10-15(11-9-13)19(20,21)22/h2-12H,1H3,(H,23,24)/b7-3+,17-6-. The van der Waals surface area contributed by atoms with Gasteiger partial charge in [-0.05, 0) is 41.0 Å². The zero-order chi connectivity index (χ0) is 18.4. The molecule has 2 aromatic rings. The van der Waals surface area contributed by atoms with Gasteiger partial charge in [0.05, 0.1) is 12.7 Å². The van der Waals surface area contributed by atoms with Crippen molar-refractivity contribution in [3.05, 3.63) is 83.4 Å². The number of ether oxygens (including phenoxy) is 1. The summed E-state index contributed by atoms with van der Waals surface area (Å²) in [7, 11) is 1.50. The van der Waals surface area contributed by atoms with Crippen molar-refractivity contribution in [2.45, 2.75) is 6.18 Å². The number of allylic oxidation sites excluding steroid dienone is 2. The monoisotopic (exact) mass is 348 g/mol. The van der Waals surface area contributed by atoms with Gasteiger partial charge in [-0.3, -0.25) is 0 Å². The maximum Gasteiger partial charge on any atom is 0.416 e. The number of benzene rings is 2. The van der Waals surface area contributed by atoms with Crippen molar-refractivity contribution in [3.63, 3.8) is 0 Å². The van der Waals surface area contributed by atoms with Crippen molar-refractivity contribution in [2.75, 3.05) is 7.11 Å². The van der Waals surface area contributed by atoms with Crippen molar-refractivity contribution >= 4 is 11.5 Å². The summed E-state index contributed by atoms with van der Waals surface area (Å²) in [5.41, 5.74) is 1.04. The lowest BCUT2D eigenvalue weighted by Gasteiger charge is -2.11. The highest BCUT2D eigenvalue weighted by Gasteiger charge is 2.30. The van der Waals surface area contributed by atoms with Crippen LogP contribution >= 0.6 is 0 Å². The molecule has 0 radical (unpaired) electrons. The molecule has 2 aromatic carbocycles. The van der Waals surface area contributed by atoms with Gasteiger partial charge >= 0.3 is 12.1 Å². The number of halogens is 3. The Morgan fingerprint density at radius 3 is 2.32 bits per heavy atom. The van der Waals surface area contributed by atoms with Gasteiger partial charge in [-0.25, -0.2) is 4.79 Å². The van der Waals surface area contributed by atoms with Crippen molar-refractivity contribution in [1.29, 1.82) is 0 Å². The topological polar surface area (TPSA) is 46.5 Å². The number of carboxylic acid groups (broad SMARTS) is 1. The van der Waals surface area contributed by atoms with E-state index in [1.165, 1.54) is 31.4 Å². The third-order valence-electron chi connectivity index (χ3n) is 3.41. The quantitative estimate of drug-likeness (QED) is 0.624. The maximum absolute atomic E-state index is 12.7. The van der Waals surface area contributed by atoms with Crippen LogP contribution in [0, 0.1) is 0 Å². The summed E-state index contributed by atoms with van der Waals surface area (Å²) in [6.07, 6.45) is -0.605. The molecule has 0 amide bonds. The number of rotatable bonds is 5. The molecular weight excluding hydrogens is 333 g/mol. The average molecular weight is 348 g/mol. The second kappa shape index (κ2) is 7.70. The zero-order valence-corrected chi connectivity index (χ0v) is 13.2. The highest BCUT2D eigenvalue weighted by Crippen LogP contribution is 2.32. The van der Waals surface area contributed by atoms with Crippen LogP contribution in [0.3, 0.4) is 0 Å². The van der Waals surface area contributed by atoms with E-state index in [9.17, 15) is 18.0 Å². The molecule has 2 rings (SSSR count). The normalized spacial score (nSPS) is 12.4. The van der Waals surface area contributed by atoms with Crippen LogP contribution in [0.4, 0.5) is 13.2 Å². The minimum atomic E-state index is -4.42. The molecule has 0 fully saturated rings. The zero-order valence-electron chi connectivity index (χ0n) is 13.2. The van der Waals surface area contributed by atoms with E-state index < -0.39 is 17.7 Å². The molecule has 0 aliphatic heterocycles. The molecule has 0 saturated heterocycles. The van der Waals surface area contributed by atoms with E-state index in [1.807, 2.05) is 0 Å². The van der Waals surface area contributed by atoms with Gasteiger partial charge in [0.15, 0.2) is 0 Å². The molecule has 25 heavy (non-hydrogen) atoms. The van der Waals surface area contributed by atoms with Crippen molar-refractivity contribution in [3.8, 4) is 5.75 Å². The Labute approximate surface area is 142 Å². The first-order valence-electron chi connectivity index (χ1n) is 7.24. The highest BCUT2D eigenvalue weighted by atomic mass is 19.4. The second-order valence-electron chi connectivity index (χ2n) is 5.08. The second-order valence-corrected chi connectivity index (χ2v) is 5.08. The summed E-state index contributed by atoms with van der Waals surface area (Å²) in [6, 6.07) is 11.6. The molecule has 0 aliphatic rings. The lowest BCUT2D eigenvalue weighted by Crippen LogP contribution is -2.04. The van der Waals surface area contributed by atoms with E-state index >= 15 is 0 Å². The van der Waals surface area contributed by atoms with Crippen LogP contribution in [-0.2, 0) is 11.0 Å². The Bertz CT molecular complexity index is 803. The summed E-state index contributed by atoms with van der Waals surface area (Å²) in [4.78, 5) is 10.6. The van der Waals surface area contributed by atoms with E-state index in [0.717, 1.165) is 18.2 Å². The lowest BCUT2D eigenvalue weighted by molar-refractivity contribution is -0.137. The molecule has 0 aliphatic carbocycles. The van der Waals surface area contributed by atoms with E-state index in [2.05, 4.69) is 0 Å². The van der Waals surface area contributed by atoms with E-state index in [-0.39, 0.29) is 0 Å². The van der Waals surface area contributed by atoms with Gasteiger partial charge in [-0.1, -0.05) is 36.4 Å². The summed E-state index contributed by atoms with van der Waals surface area (Å²) >= 11 is 0. The maximum atomic E-state index is 12.7. The van der Waals surface area contributed by atoms with Crippen LogP contribution in [0.25, 0.3) is 5.57 Å². The molecular formula is C19H15F3O3. The number of hydrogen-bond acceptors (Lipinski definition) is 2. The van der Waals surface area contributed by atoms with Crippen molar-refractivity contribution in [2.24, 2.45) is 0 Å². The molecule has 0 unspecified atom stereocenters. The van der Waals surface area contributed by atoms with Gasteiger partial charge in [0.25, 0.3) is 0 Å². The first-order valence-corrected chi connectivity index (χ1v) is 7.24. The predicted molar refractivity (Wildman–Crippen MR) is 88.3 cm³/mol. The fourth-order valence-corrected chi connectivity index (χ4v) is 2.22. The van der Waals surface area contributed by atoms with Gasteiger partial charge in [0.2, 0.25) is 0 Å². The minimum absolute atomic E-state index is 0.524. The first-order chi connectivity index (χ1) is 11.8.